The first-order chi connectivity index (χ1) is 36.4. The lowest BCUT2D eigenvalue weighted by molar-refractivity contribution is -0.136. The molecule has 9 heterocycles. The van der Waals surface area contributed by atoms with Crippen LogP contribution in [0.4, 0.5) is 15.9 Å². The van der Waals surface area contributed by atoms with Crippen molar-refractivity contribution in [3.05, 3.63) is 77.2 Å². The number of aryl methyl sites for hydroxylation is 1. The van der Waals surface area contributed by atoms with Crippen LogP contribution in [0.5, 0.6) is 11.8 Å². The van der Waals surface area contributed by atoms with Gasteiger partial charge in [0.15, 0.2) is 5.82 Å². The number of hydrogen-bond donors (Lipinski definition) is 3. The summed E-state index contributed by atoms with van der Waals surface area (Å²) in [5.74, 6) is 0.124. The van der Waals surface area contributed by atoms with Crippen molar-refractivity contribution in [3.63, 3.8) is 0 Å². The van der Waals surface area contributed by atoms with Crippen molar-refractivity contribution in [2.24, 2.45) is 11.3 Å². The molecule has 6 saturated heterocycles. The van der Waals surface area contributed by atoms with Gasteiger partial charge in [0.25, 0.3) is 5.91 Å². The summed E-state index contributed by atoms with van der Waals surface area (Å²) in [7, 11) is 2.22. The second-order valence-electron chi connectivity index (χ2n) is 23.5. The van der Waals surface area contributed by atoms with Crippen molar-refractivity contribution in [2.45, 2.75) is 108 Å². The summed E-state index contributed by atoms with van der Waals surface area (Å²) >= 11 is 0. The van der Waals surface area contributed by atoms with E-state index in [1.54, 1.807) is 23.2 Å². The number of rotatable bonds is 12. The number of carbonyl (C=O) groups excluding carboxylic acids is 3. The van der Waals surface area contributed by atoms with Gasteiger partial charge >= 0.3 is 6.01 Å². The molecule has 3 aromatic carbocycles. The molecule has 7 fully saturated rings. The summed E-state index contributed by atoms with van der Waals surface area (Å²) in [6.07, 6.45) is 12.4. The van der Waals surface area contributed by atoms with E-state index in [0.717, 1.165) is 138 Å². The van der Waals surface area contributed by atoms with Crippen LogP contribution in [-0.2, 0) is 22.6 Å². The molecule has 2 bridgehead atoms. The van der Waals surface area contributed by atoms with E-state index in [0.29, 0.717) is 59.4 Å². The zero-order valence-corrected chi connectivity index (χ0v) is 43.5. The van der Waals surface area contributed by atoms with E-state index in [-0.39, 0.29) is 52.7 Å². The van der Waals surface area contributed by atoms with E-state index in [1.165, 1.54) is 25.7 Å². The summed E-state index contributed by atoms with van der Waals surface area (Å²) in [5, 5.41) is 19.3. The molecule has 17 heteroatoms. The standard InChI is InChI=1S/C58H70FN11O5/c1-3-37-6-4-7-38-25-43(71)26-45(49(37)38)51-50(59)52-46(29-60-51)53(69-32-40-8-9-41(33-69)61-40)64-56(63-52)75-35-58(14-5-17-65(58)2)34-67-18-15-57(16-19-67)27-36(28-57)30-66-20-22-68(23-21-66)42-10-11-44-39(24-42)31-70(55(44)74)47-12-13-48(72)62-54(47)73/h4,6-7,10-11,24-26,29,36,40-41,47,61,71H,3,5,8-9,12-23,27-28,30-35H2,1-2H3,(H,62,72,73)/t40?,41?,47-,58?/m0/s1. The van der Waals surface area contributed by atoms with Crippen LogP contribution in [0.3, 0.4) is 0 Å². The Labute approximate surface area is 438 Å². The van der Waals surface area contributed by atoms with Crippen molar-refractivity contribution in [1.29, 1.82) is 0 Å². The SMILES string of the molecule is CCc1cccc2cc(O)cc(-c3ncc4c(N5CC6CCC(C5)N6)nc(OCC5(CN6CCC7(CC6)CC(CN6CCN(c8ccc9c(c8)CN([C@H]8CCC(=O)NC8=O)C9=O)CC6)C7)CCCN5C)nc4c3F)c12. The molecule has 5 aromatic rings. The van der Waals surface area contributed by atoms with E-state index in [1.807, 2.05) is 30.3 Å². The van der Waals surface area contributed by atoms with Crippen LogP contribution in [-0.4, -0.2) is 167 Å². The second-order valence-corrected chi connectivity index (χ2v) is 23.5. The number of likely N-dealkylation sites (tertiary alicyclic amines) is 2. The number of nitrogens with zero attached hydrogens (tertiary/aromatic N) is 9. The second kappa shape index (κ2) is 19.2. The van der Waals surface area contributed by atoms with Crippen molar-refractivity contribution >= 4 is 50.9 Å². The highest BCUT2D eigenvalue weighted by Crippen LogP contribution is 2.53. The van der Waals surface area contributed by atoms with Gasteiger partial charge in [-0.1, -0.05) is 25.1 Å². The molecule has 13 rings (SSSR count). The van der Waals surface area contributed by atoms with Crippen LogP contribution < -0.4 is 25.2 Å². The number of amides is 3. The van der Waals surface area contributed by atoms with E-state index < -0.39 is 11.9 Å². The fourth-order valence-corrected chi connectivity index (χ4v) is 14.8. The number of aromatic hydroxyl groups is 1. The Morgan fingerprint density at radius 2 is 1.67 bits per heavy atom. The number of ether oxygens (including phenoxy) is 1. The Bertz CT molecular complexity index is 3070. The maximum Gasteiger partial charge on any atom is 0.319 e. The minimum absolute atomic E-state index is 0.0594. The number of aromatic nitrogens is 3. The van der Waals surface area contributed by atoms with Gasteiger partial charge < -0.3 is 34.8 Å². The number of hydrogen-bond acceptors (Lipinski definition) is 14. The average Bonchev–Trinajstić information content (AvgIpc) is 4.06. The Hall–Kier alpha value is -6.01. The number of anilines is 2. The van der Waals surface area contributed by atoms with Crippen molar-refractivity contribution in [1.82, 2.24) is 45.2 Å². The maximum atomic E-state index is 17.4. The third kappa shape index (κ3) is 8.94. The average molecular weight is 1020 g/mol. The first-order valence-corrected chi connectivity index (χ1v) is 27.8. The number of piperidine rings is 2. The number of likely N-dealkylation sites (N-methyl/N-ethyl adjacent to an activating group) is 1. The Morgan fingerprint density at radius 3 is 2.41 bits per heavy atom. The third-order valence-electron chi connectivity index (χ3n) is 18.9. The summed E-state index contributed by atoms with van der Waals surface area (Å²) in [4.78, 5) is 66.4. The first kappa shape index (κ1) is 48.6. The van der Waals surface area contributed by atoms with Gasteiger partial charge in [0.2, 0.25) is 11.8 Å². The predicted molar refractivity (Wildman–Crippen MR) is 285 cm³/mol. The summed E-state index contributed by atoms with van der Waals surface area (Å²) in [6, 6.07) is 15.7. The molecule has 16 nitrogen and oxygen atoms in total. The van der Waals surface area contributed by atoms with Crippen molar-refractivity contribution in [3.8, 4) is 23.0 Å². The molecule has 3 amide bonds. The van der Waals surface area contributed by atoms with Gasteiger partial charge in [0.05, 0.1) is 10.9 Å². The smallest absolute Gasteiger partial charge is 0.319 e. The number of phenols is 1. The van der Waals surface area contributed by atoms with Gasteiger partial charge in [-0.05, 0) is 154 Å². The van der Waals surface area contributed by atoms with Crippen LogP contribution in [0.25, 0.3) is 32.9 Å². The van der Waals surface area contributed by atoms with Crippen molar-refractivity contribution in [2.75, 3.05) is 95.4 Å². The quantitative estimate of drug-likeness (QED) is 0.123. The Kier molecular flexibility index (Phi) is 12.5. The molecule has 1 spiro atoms. The van der Waals surface area contributed by atoms with Crippen LogP contribution in [0, 0.1) is 17.2 Å². The molecule has 394 valence electrons. The highest BCUT2D eigenvalue weighted by molar-refractivity contribution is 6.06. The third-order valence-corrected chi connectivity index (χ3v) is 18.9. The van der Waals surface area contributed by atoms with E-state index in [9.17, 15) is 19.5 Å². The van der Waals surface area contributed by atoms with E-state index >= 15 is 4.39 Å². The Balaban J connectivity index is 0.647. The molecule has 75 heavy (non-hydrogen) atoms. The zero-order valence-electron chi connectivity index (χ0n) is 43.5. The molecule has 4 atom stereocenters. The fraction of sp³-hybridized carbons (Fsp3) is 0.552. The Morgan fingerprint density at radius 1 is 0.867 bits per heavy atom. The highest BCUT2D eigenvalue weighted by atomic mass is 19.1. The lowest BCUT2D eigenvalue weighted by atomic mass is 9.57. The van der Waals surface area contributed by atoms with Gasteiger partial charge in [0.1, 0.15) is 35.4 Å². The molecule has 1 saturated carbocycles. The van der Waals surface area contributed by atoms with Crippen LogP contribution >= 0.6 is 0 Å². The predicted octanol–water partition coefficient (Wildman–Crippen LogP) is 6.11. The summed E-state index contributed by atoms with van der Waals surface area (Å²) < 4.78 is 24.2. The van der Waals surface area contributed by atoms with Crippen LogP contribution in [0.2, 0.25) is 0 Å². The van der Waals surface area contributed by atoms with Gasteiger partial charge in [-0.15, -0.1) is 0 Å². The number of piperazine rings is 2. The topological polar surface area (TPSA) is 163 Å². The monoisotopic (exact) mass is 1020 g/mol. The van der Waals surface area contributed by atoms with Gasteiger partial charge in [-0.25, -0.2) is 4.39 Å². The molecular formula is C58H70FN11O5. The lowest BCUT2D eigenvalue weighted by Crippen LogP contribution is -2.58. The van der Waals surface area contributed by atoms with E-state index in [2.05, 4.69) is 55.2 Å². The molecule has 1 aliphatic carbocycles. The normalized spacial score (nSPS) is 26.5. The van der Waals surface area contributed by atoms with Crippen LogP contribution in [0.1, 0.15) is 92.6 Å². The summed E-state index contributed by atoms with van der Waals surface area (Å²) in [5.41, 5.74) is 4.88. The van der Waals surface area contributed by atoms with E-state index in [4.69, 9.17) is 19.7 Å². The van der Waals surface area contributed by atoms with Crippen LogP contribution in [0.15, 0.2) is 54.7 Å². The molecule has 3 unspecified atom stereocenters. The molecular weight excluding hydrogens is 950 g/mol. The molecule has 0 radical (unpaired) electrons. The van der Waals surface area contributed by atoms with Gasteiger partial charge in [-0.3, -0.25) is 34.5 Å². The first-order valence-electron chi connectivity index (χ1n) is 27.8. The lowest BCUT2D eigenvalue weighted by Gasteiger charge is -2.54. The molecule has 2 aromatic heterocycles. The number of nitrogens with one attached hydrogen (secondary N) is 2. The number of imide groups is 1. The fourth-order valence-electron chi connectivity index (χ4n) is 14.8. The number of pyridine rings is 1. The minimum Gasteiger partial charge on any atom is -0.508 e. The maximum absolute atomic E-state index is 17.4. The van der Waals surface area contributed by atoms with Gasteiger partial charge in [0, 0.05) is 100 Å². The number of carbonyl (C=O) groups is 3. The largest absolute Gasteiger partial charge is 0.508 e. The van der Waals surface area contributed by atoms with Gasteiger partial charge in [-0.2, -0.15) is 9.97 Å². The molecule has 8 aliphatic rings. The van der Waals surface area contributed by atoms with Crippen molar-refractivity contribution < 1.29 is 28.6 Å². The number of fused-ring (bicyclic) bond motifs is 5. The zero-order chi connectivity index (χ0) is 51.2. The molecule has 3 N–H and O–H groups in total. The number of benzene rings is 3. The minimum atomic E-state index is -0.602. The number of phenolic OH excluding ortho intramolecular Hbond substituents is 1. The molecule has 7 aliphatic heterocycles. The highest BCUT2D eigenvalue weighted by Gasteiger charge is 2.49. The summed E-state index contributed by atoms with van der Waals surface area (Å²) in [6.45, 7) is 13.5. The number of halogens is 1.